The summed E-state index contributed by atoms with van der Waals surface area (Å²) in [5, 5.41) is 1.03. The lowest BCUT2D eigenvalue weighted by Crippen LogP contribution is -1.99. The number of hydrogen-bond acceptors (Lipinski definition) is 2. The van der Waals surface area contributed by atoms with E-state index in [0.717, 1.165) is 36.3 Å². The first kappa shape index (κ1) is 12.4. The van der Waals surface area contributed by atoms with E-state index in [1.54, 1.807) is 7.11 Å². The van der Waals surface area contributed by atoms with E-state index in [4.69, 9.17) is 9.47 Å². The number of methoxy groups -OCH3 is 1. The predicted octanol–water partition coefficient (Wildman–Crippen LogP) is 3.56. The lowest BCUT2D eigenvalue weighted by molar-refractivity contribution is 0.288. The van der Waals surface area contributed by atoms with Crippen molar-refractivity contribution in [2.24, 2.45) is 0 Å². The summed E-state index contributed by atoms with van der Waals surface area (Å²) < 4.78 is 10.9. The molecule has 0 aromatic heterocycles. The largest absolute Gasteiger partial charge is 0.493 e. The van der Waals surface area contributed by atoms with Gasteiger partial charge in [0.15, 0.2) is 11.5 Å². The maximum Gasteiger partial charge on any atom is 0.161 e. The number of alkyl halides is 1. The topological polar surface area (TPSA) is 18.5 Å². The van der Waals surface area contributed by atoms with Crippen molar-refractivity contribution in [2.45, 2.75) is 19.8 Å². The molecule has 3 heteroatoms. The summed E-state index contributed by atoms with van der Waals surface area (Å²) in [6.45, 7) is 2.78. The molecule has 1 aromatic carbocycles. The highest BCUT2D eigenvalue weighted by Crippen LogP contribution is 2.27. The Morgan fingerprint density at radius 1 is 1.20 bits per heavy atom. The predicted molar refractivity (Wildman–Crippen MR) is 66.3 cm³/mol. The van der Waals surface area contributed by atoms with Gasteiger partial charge < -0.3 is 9.47 Å². The second-order valence-corrected chi connectivity index (χ2v) is 4.19. The molecule has 0 atom stereocenters. The van der Waals surface area contributed by atoms with E-state index in [2.05, 4.69) is 15.9 Å². The fraction of sp³-hybridized carbons (Fsp3) is 0.500. The average molecular weight is 273 g/mol. The van der Waals surface area contributed by atoms with Gasteiger partial charge in [-0.2, -0.15) is 0 Å². The Labute approximate surface area is 99.7 Å². The molecule has 0 amide bonds. The molecular weight excluding hydrogens is 256 g/mol. The number of rotatable bonds is 6. The molecule has 0 N–H and O–H groups in total. The third-order valence-electron chi connectivity index (χ3n) is 2.10. The summed E-state index contributed by atoms with van der Waals surface area (Å²) in [5.74, 6) is 1.64. The van der Waals surface area contributed by atoms with Crippen LogP contribution in [0.25, 0.3) is 0 Å². The number of hydrogen-bond donors (Lipinski definition) is 0. The first-order valence-electron chi connectivity index (χ1n) is 5.11. The number of halogens is 1. The second-order valence-electron chi connectivity index (χ2n) is 3.40. The van der Waals surface area contributed by atoms with Gasteiger partial charge in [0.1, 0.15) is 0 Å². The van der Waals surface area contributed by atoms with Crippen LogP contribution in [0.2, 0.25) is 0 Å². The van der Waals surface area contributed by atoms with Crippen molar-refractivity contribution >= 4 is 15.9 Å². The maximum atomic E-state index is 5.64. The SMILES string of the molecule is COc1cc(C)ccc1OCCCCBr. The zero-order valence-electron chi connectivity index (χ0n) is 9.25. The lowest BCUT2D eigenvalue weighted by atomic mass is 10.2. The molecule has 0 heterocycles. The number of unbranched alkanes of at least 4 members (excludes halogenated alkanes) is 1. The third kappa shape index (κ3) is 4.12. The van der Waals surface area contributed by atoms with Gasteiger partial charge in [-0.1, -0.05) is 22.0 Å². The van der Waals surface area contributed by atoms with Crippen molar-refractivity contribution in [1.82, 2.24) is 0 Å². The zero-order valence-corrected chi connectivity index (χ0v) is 10.8. The summed E-state index contributed by atoms with van der Waals surface area (Å²) >= 11 is 3.39. The Morgan fingerprint density at radius 3 is 2.67 bits per heavy atom. The van der Waals surface area contributed by atoms with E-state index in [1.165, 1.54) is 5.56 Å². The first-order chi connectivity index (χ1) is 7.27. The van der Waals surface area contributed by atoms with Gasteiger partial charge in [-0.05, 0) is 37.5 Å². The van der Waals surface area contributed by atoms with Crippen molar-refractivity contribution in [3.63, 3.8) is 0 Å². The number of aryl methyl sites for hydroxylation is 1. The number of benzene rings is 1. The van der Waals surface area contributed by atoms with Crippen LogP contribution in [0.5, 0.6) is 11.5 Å². The van der Waals surface area contributed by atoms with Crippen LogP contribution in [-0.4, -0.2) is 19.0 Å². The molecule has 1 rings (SSSR count). The molecule has 0 saturated carbocycles. The van der Waals surface area contributed by atoms with Crippen LogP contribution in [0.15, 0.2) is 18.2 Å². The van der Waals surface area contributed by atoms with Gasteiger partial charge in [-0.25, -0.2) is 0 Å². The van der Waals surface area contributed by atoms with Crippen LogP contribution in [0, 0.1) is 6.92 Å². The molecule has 0 saturated heterocycles. The highest BCUT2D eigenvalue weighted by Gasteiger charge is 2.03. The van der Waals surface area contributed by atoms with E-state index in [-0.39, 0.29) is 0 Å². The monoisotopic (exact) mass is 272 g/mol. The van der Waals surface area contributed by atoms with E-state index in [0.29, 0.717) is 0 Å². The fourth-order valence-electron chi connectivity index (χ4n) is 1.27. The normalized spacial score (nSPS) is 10.1. The Morgan fingerprint density at radius 2 is 2.00 bits per heavy atom. The molecule has 0 fully saturated rings. The summed E-state index contributed by atoms with van der Waals surface area (Å²) in [5.41, 5.74) is 1.18. The van der Waals surface area contributed by atoms with Crippen molar-refractivity contribution < 1.29 is 9.47 Å². The minimum absolute atomic E-state index is 0.741. The van der Waals surface area contributed by atoms with Gasteiger partial charge in [0.25, 0.3) is 0 Å². The Hall–Kier alpha value is -0.700. The molecule has 0 unspecified atom stereocenters. The molecule has 0 aliphatic carbocycles. The van der Waals surface area contributed by atoms with Crippen LogP contribution < -0.4 is 9.47 Å². The van der Waals surface area contributed by atoms with Crippen molar-refractivity contribution in [3.05, 3.63) is 23.8 Å². The van der Waals surface area contributed by atoms with E-state index < -0.39 is 0 Å². The van der Waals surface area contributed by atoms with Crippen LogP contribution >= 0.6 is 15.9 Å². The van der Waals surface area contributed by atoms with Gasteiger partial charge in [-0.15, -0.1) is 0 Å². The van der Waals surface area contributed by atoms with Crippen molar-refractivity contribution in [1.29, 1.82) is 0 Å². The molecule has 0 aliphatic rings. The van der Waals surface area contributed by atoms with Crippen molar-refractivity contribution in [2.75, 3.05) is 19.0 Å². The second kappa shape index (κ2) is 6.72. The lowest BCUT2D eigenvalue weighted by Gasteiger charge is -2.10. The molecule has 0 bridgehead atoms. The fourth-order valence-corrected chi connectivity index (χ4v) is 1.67. The number of ether oxygens (including phenoxy) is 2. The summed E-state index contributed by atoms with van der Waals surface area (Å²) in [6.07, 6.45) is 2.19. The quantitative estimate of drug-likeness (QED) is 0.583. The molecule has 0 aliphatic heterocycles. The Kier molecular flexibility index (Phi) is 5.54. The highest BCUT2D eigenvalue weighted by atomic mass is 79.9. The van der Waals surface area contributed by atoms with E-state index in [9.17, 15) is 0 Å². The van der Waals surface area contributed by atoms with Crippen LogP contribution in [0.3, 0.4) is 0 Å². The average Bonchev–Trinajstić information content (AvgIpc) is 2.26. The molecule has 84 valence electrons. The van der Waals surface area contributed by atoms with E-state index >= 15 is 0 Å². The molecule has 15 heavy (non-hydrogen) atoms. The van der Waals surface area contributed by atoms with Crippen LogP contribution in [0.1, 0.15) is 18.4 Å². The standard InChI is InChI=1S/C12H17BrO2/c1-10-5-6-11(12(9-10)14-2)15-8-4-3-7-13/h5-6,9H,3-4,7-8H2,1-2H3. The smallest absolute Gasteiger partial charge is 0.161 e. The van der Waals surface area contributed by atoms with Crippen molar-refractivity contribution in [3.8, 4) is 11.5 Å². The van der Waals surface area contributed by atoms with Gasteiger partial charge >= 0.3 is 0 Å². The maximum absolute atomic E-state index is 5.64. The molecular formula is C12H17BrO2. The minimum Gasteiger partial charge on any atom is -0.493 e. The zero-order chi connectivity index (χ0) is 11.1. The molecule has 0 radical (unpaired) electrons. The Bertz CT molecular complexity index is 300. The van der Waals surface area contributed by atoms with Gasteiger partial charge in [0.05, 0.1) is 13.7 Å². The van der Waals surface area contributed by atoms with Gasteiger partial charge in [0, 0.05) is 5.33 Å². The highest BCUT2D eigenvalue weighted by molar-refractivity contribution is 9.09. The summed E-state index contributed by atoms with van der Waals surface area (Å²) in [7, 11) is 1.67. The summed E-state index contributed by atoms with van der Waals surface area (Å²) in [6, 6.07) is 5.98. The molecule has 0 spiro atoms. The van der Waals surface area contributed by atoms with Gasteiger partial charge in [-0.3, -0.25) is 0 Å². The van der Waals surface area contributed by atoms with Crippen LogP contribution in [-0.2, 0) is 0 Å². The summed E-state index contributed by atoms with van der Waals surface area (Å²) in [4.78, 5) is 0. The first-order valence-corrected chi connectivity index (χ1v) is 6.23. The van der Waals surface area contributed by atoms with E-state index in [1.807, 2.05) is 25.1 Å². The minimum atomic E-state index is 0.741. The Balaban J connectivity index is 2.52. The molecule has 2 nitrogen and oxygen atoms in total. The molecule has 1 aromatic rings. The van der Waals surface area contributed by atoms with Gasteiger partial charge in [0.2, 0.25) is 0 Å². The van der Waals surface area contributed by atoms with Crippen LogP contribution in [0.4, 0.5) is 0 Å². The third-order valence-corrected chi connectivity index (χ3v) is 2.67.